The molecule has 0 saturated heterocycles. The summed E-state index contributed by atoms with van der Waals surface area (Å²) in [6.07, 6.45) is 5.99. The zero-order chi connectivity index (χ0) is 15.9. The summed E-state index contributed by atoms with van der Waals surface area (Å²) in [6.45, 7) is 1.71. The third-order valence-corrected chi connectivity index (χ3v) is 3.53. The van der Waals surface area contributed by atoms with E-state index in [2.05, 4.69) is 5.92 Å². The lowest BCUT2D eigenvalue weighted by molar-refractivity contribution is -0.162. The molecule has 0 fully saturated rings. The zero-order valence-electron chi connectivity index (χ0n) is 11.8. The van der Waals surface area contributed by atoms with Crippen molar-refractivity contribution in [2.24, 2.45) is 0 Å². The number of carboxylic acids is 1. The Morgan fingerprint density at radius 3 is 2.62 bits per heavy atom. The number of aliphatic carboxylic acids is 1. The number of terminal acetylenes is 1. The second-order valence-electron chi connectivity index (χ2n) is 4.47. The lowest BCUT2D eigenvalue weighted by Crippen LogP contribution is -2.45. The van der Waals surface area contributed by atoms with E-state index in [1.54, 1.807) is 25.1 Å². The maximum atomic E-state index is 12.3. The molecule has 5 heteroatoms. The second-order valence-corrected chi connectivity index (χ2v) is 4.88. The number of hydrogen-bond acceptors (Lipinski definition) is 3. The standard InChI is InChI=1S/C16H17ClO4/c1-3-5-8-11-16(14(18)19,15(20)21-4-2)12-9-6-7-10-13(12)17/h1,6-7,9-10H,4-5,8,11H2,2H3,(H,18,19). The number of halogens is 1. The van der Waals surface area contributed by atoms with E-state index in [1.165, 1.54) is 6.07 Å². The predicted molar refractivity (Wildman–Crippen MR) is 80.1 cm³/mol. The molecular weight excluding hydrogens is 292 g/mol. The molecule has 1 unspecified atom stereocenters. The minimum Gasteiger partial charge on any atom is -0.480 e. The van der Waals surface area contributed by atoms with Crippen LogP contribution in [-0.4, -0.2) is 23.7 Å². The number of benzene rings is 1. The van der Waals surface area contributed by atoms with Gasteiger partial charge in [-0.1, -0.05) is 29.8 Å². The van der Waals surface area contributed by atoms with Crippen LogP contribution in [0.25, 0.3) is 0 Å². The molecule has 0 bridgehead atoms. The number of carbonyl (C=O) groups excluding carboxylic acids is 1. The first-order chi connectivity index (χ1) is 10.0. The fourth-order valence-corrected chi connectivity index (χ4v) is 2.47. The van der Waals surface area contributed by atoms with Gasteiger partial charge < -0.3 is 9.84 Å². The normalized spacial score (nSPS) is 13.0. The predicted octanol–water partition coefficient (Wildman–Crippen LogP) is 3.03. The summed E-state index contributed by atoms with van der Waals surface area (Å²) >= 11 is 6.10. The maximum absolute atomic E-state index is 12.3. The minimum atomic E-state index is -1.83. The van der Waals surface area contributed by atoms with Gasteiger partial charge in [-0.25, -0.2) is 0 Å². The monoisotopic (exact) mass is 308 g/mol. The molecule has 0 radical (unpaired) electrons. The zero-order valence-corrected chi connectivity index (χ0v) is 12.5. The third-order valence-electron chi connectivity index (χ3n) is 3.20. The molecule has 1 atom stereocenters. The van der Waals surface area contributed by atoms with Crippen molar-refractivity contribution < 1.29 is 19.4 Å². The number of ether oxygens (including phenoxy) is 1. The first kappa shape index (κ1) is 17.1. The topological polar surface area (TPSA) is 63.6 Å². The molecule has 0 amide bonds. The second kappa shape index (κ2) is 7.70. The molecule has 112 valence electrons. The van der Waals surface area contributed by atoms with Gasteiger partial charge in [0, 0.05) is 11.4 Å². The number of carboxylic acid groups (broad SMARTS) is 1. The molecule has 4 nitrogen and oxygen atoms in total. The van der Waals surface area contributed by atoms with Crippen molar-refractivity contribution in [3.63, 3.8) is 0 Å². The molecule has 0 spiro atoms. The fraction of sp³-hybridized carbons (Fsp3) is 0.375. The van der Waals surface area contributed by atoms with E-state index in [0.29, 0.717) is 12.8 Å². The Kier molecular flexibility index (Phi) is 6.26. The van der Waals surface area contributed by atoms with Crippen LogP contribution in [0.3, 0.4) is 0 Å². The fourth-order valence-electron chi connectivity index (χ4n) is 2.17. The van der Waals surface area contributed by atoms with Crippen LogP contribution in [0, 0.1) is 12.3 Å². The van der Waals surface area contributed by atoms with Crippen LogP contribution in [0.1, 0.15) is 31.7 Å². The van der Waals surface area contributed by atoms with Gasteiger partial charge >= 0.3 is 11.9 Å². The molecule has 0 aromatic heterocycles. The highest BCUT2D eigenvalue weighted by molar-refractivity contribution is 6.32. The molecule has 0 saturated carbocycles. The number of esters is 1. The Bertz CT molecular complexity index is 562. The highest BCUT2D eigenvalue weighted by atomic mass is 35.5. The van der Waals surface area contributed by atoms with Crippen LogP contribution in [0.5, 0.6) is 0 Å². The van der Waals surface area contributed by atoms with E-state index in [-0.39, 0.29) is 23.6 Å². The lowest BCUT2D eigenvalue weighted by atomic mass is 9.76. The van der Waals surface area contributed by atoms with Crippen molar-refractivity contribution in [1.82, 2.24) is 0 Å². The molecule has 1 rings (SSSR count). The van der Waals surface area contributed by atoms with Crippen LogP contribution in [0.4, 0.5) is 0 Å². The van der Waals surface area contributed by atoms with Gasteiger partial charge in [-0.3, -0.25) is 9.59 Å². The van der Waals surface area contributed by atoms with Gasteiger partial charge in [-0.05, 0) is 31.4 Å². The highest BCUT2D eigenvalue weighted by Crippen LogP contribution is 2.36. The summed E-state index contributed by atoms with van der Waals surface area (Å²) in [7, 11) is 0. The lowest BCUT2D eigenvalue weighted by Gasteiger charge is -2.28. The largest absolute Gasteiger partial charge is 0.480 e. The van der Waals surface area contributed by atoms with Crippen molar-refractivity contribution in [3.05, 3.63) is 34.9 Å². The minimum absolute atomic E-state index is 0.0368. The van der Waals surface area contributed by atoms with Crippen molar-refractivity contribution in [1.29, 1.82) is 0 Å². The summed E-state index contributed by atoms with van der Waals surface area (Å²) in [5.74, 6) is 0.335. The average Bonchev–Trinajstić information content (AvgIpc) is 2.44. The van der Waals surface area contributed by atoms with Gasteiger partial charge in [0.15, 0.2) is 5.41 Å². The van der Waals surface area contributed by atoms with Crippen LogP contribution in [-0.2, 0) is 19.7 Å². The SMILES string of the molecule is C#CCCCC(C(=O)O)(C(=O)OCC)c1ccccc1Cl. The average molecular weight is 309 g/mol. The Balaban J connectivity index is 3.37. The van der Waals surface area contributed by atoms with E-state index in [0.717, 1.165) is 0 Å². The van der Waals surface area contributed by atoms with Gasteiger partial charge in [-0.2, -0.15) is 0 Å². The third kappa shape index (κ3) is 3.56. The number of hydrogen-bond donors (Lipinski definition) is 1. The van der Waals surface area contributed by atoms with Crippen molar-refractivity contribution >= 4 is 23.5 Å². The van der Waals surface area contributed by atoms with Gasteiger partial charge in [-0.15, -0.1) is 12.3 Å². The van der Waals surface area contributed by atoms with Gasteiger partial charge in [0.1, 0.15) is 0 Å². The van der Waals surface area contributed by atoms with E-state index >= 15 is 0 Å². The van der Waals surface area contributed by atoms with Crippen LogP contribution in [0.15, 0.2) is 24.3 Å². The molecule has 0 heterocycles. The van der Waals surface area contributed by atoms with Crippen LogP contribution < -0.4 is 0 Å². The van der Waals surface area contributed by atoms with Gasteiger partial charge in [0.05, 0.1) is 6.61 Å². The van der Waals surface area contributed by atoms with Gasteiger partial charge in [0.2, 0.25) is 0 Å². The van der Waals surface area contributed by atoms with Crippen molar-refractivity contribution in [3.8, 4) is 12.3 Å². The Morgan fingerprint density at radius 1 is 1.43 bits per heavy atom. The number of carbonyl (C=O) groups is 2. The number of unbranched alkanes of at least 4 members (excludes halogenated alkanes) is 1. The van der Waals surface area contributed by atoms with Gasteiger partial charge in [0.25, 0.3) is 0 Å². The van der Waals surface area contributed by atoms with E-state index in [4.69, 9.17) is 22.8 Å². The summed E-state index contributed by atoms with van der Waals surface area (Å²) in [5.41, 5.74) is -1.60. The molecular formula is C16H17ClO4. The Labute approximate surface area is 129 Å². The summed E-state index contributed by atoms with van der Waals surface area (Å²) in [6, 6.07) is 6.39. The molecule has 21 heavy (non-hydrogen) atoms. The molecule has 0 aliphatic rings. The first-order valence-electron chi connectivity index (χ1n) is 6.59. The van der Waals surface area contributed by atoms with E-state index < -0.39 is 17.4 Å². The molecule has 1 N–H and O–H groups in total. The first-order valence-corrected chi connectivity index (χ1v) is 6.97. The molecule has 1 aromatic carbocycles. The van der Waals surface area contributed by atoms with Crippen LogP contribution >= 0.6 is 11.6 Å². The maximum Gasteiger partial charge on any atom is 0.328 e. The number of rotatable bonds is 7. The molecule has 1 aromatic rings. The Hall–Kier alpha value is -1.99. The summed E-state index contributed by atoms with van der Waals surface area (Å²) in [4.78, 5) is 24.2. The Morgan fingerprint density at radius 2 is 2.10 bits per heavy atom. The quantitative estimate of drug-likeness (QED) is 0.364. The van der Waals surface area contributed by atoms with Crippen LogP contribution in [0.2, 0.25) is 5.02 Å². The van der Waals surface area contributed by atoms with E-state index in [1.807, 2.05) is 0 Å². The van der Waals surface area contributed by atoms with Crippen molar-refractivity contribution in [2.45, 2.75) is 31.6 Å². The molecule has 0 aliphatic carbocycles. The summed E-state index contributed by atoms with van der Waals surface area (Å²) in [5, 5.41) is 9.90. The molecule has 0 aliphatic heterocycles. The summed E-state index contributed by atoms with van der Waals surface area (Å²) < 4.78 is 4.98. The van der Waals surface area contributed by atoms with E-state index in [9.17, 15) is 14.7 Å². The smallest absolute Gasteiger partial charge is 0.328 e. The van der Waals surface area contributed by atoms with Crippen molar-refractivity contribution in [2.75, 3.05) is 6.61 Å². The highest BCUT2D eigenvalue weighted by Gasteiger charge is 2.50.